The Morgan fingerprint density at radius 3 is 2.12 bits per heavy atom. The number of nitrogens with zero attached hydrogens (tertiary/aromatic N) is 1. The molecule has 0 unspecified atom stereocenters. The molecule has 0 amide bonds. The smallest absolute Gasteiger partial charge is 0.0589 e. The van der Waals surface area contributed by atoms with Crippen LogP contribution in [0, 0.1) is 13.8 Å². The van der Waals surface area contributed by atoms with Gasteiger partial charge in [0.15, 0.2) is 0 Å². The predicted octanol–water partition coefficient (Wildman–Crippen LogP) is 1.73. The second-order valence-corrected chi connectivity index (χ2v) is 4.36. The summed E-state index contributed by atoms with van der Waals surface area (Å²) in [6.45, 7) is 8.53. The van der Waals surface area contributed by atoms with Gasteiger partial charge in [-0.25, -0.2) is 0 Å². The van der Waals surface area contributed by atoms with Gasteiger partial charge in [0.05, 0.1) is 13.2 Å². The fourth-order valence-electron chi connectivity index (χ4n) is 1.90. The maximum atomic E-state index is 5.14. The topological polar surface area (TPSA) is 37.5 Å². The summed E-state index contributed by atoms with van der Waals surface area (Å²) < 4.78 is 10.3. The van der Waals surface area contributed by atoms with Gasteiger partial charge in [-0.2, -0.15) is 0 Å². The van der Waals surface area contributed by atoms with Gasteiger partial charge in [-0.3, -0.25) is 4.90 Å². The summed E-state index contributed by atoms with van der Waals surface area (Å²) in [5.41, 5.74) is 3.83. The van der Waals surface area contributed by atoms with Crippen molar-refractivity contribution in [2.24, 2.45) is 0 Å². The highest BCUT2D eigenvalue weighted by Crippen LogP contribution is 2.12. The van der Waals surface area contributed by atoms with Crippen molar-refractivity contribution in [3.63, 3.8) is 0 Å². The highest BCUT2D eigenvalue weighted by atomic mass is 16.5. The third kappa shape index (κ3) is 4.89. The Kier molecular flexibility index (Phi) is 6.26. The molecule has 0 saturated carbocycles. The summed E-state index contributed by atoms with van der Waals surface area (Å²) in [7, 11) is 3.47. The molecule has 1 aromatic rings. The molecule has 0 radical (unpaired) electrons. The molecule has 0 spiro atoms. The largest absolute Gasteiger partial charge is 0.383 e. The molecule has 0 bridgehead atoms. The molecule has 1 rings (SSSR count). The minimum atomic E-state index is 0.756. The van der Waals surface area contributed by atoms with Crippen LogP contribution in [0.5, 0.6) is 0 Å². The first-order valence-corrected chi connectivity index (χ1v) is 6.02. The number of hydrogen-bond acceptors (Lipinski definition) is 3. The van der Waals surface area contributed by atoms with Crippen LogP contribution in [0.2, 0.25) is 0 Å². The van der Waals surface area contributed by atoms with Gasteiger partial charge in [-0.05, 0) is 25.5 Å². The minimum absolute atomic E-state index is 0.756. The van der Waals surface area contributed by atoms with E-state index < -0.39 is 0 Å². The van der Waals surface area contributed by atoms with Gasteiger partial charge in [0.25, 0.3) is 0 Å². The van der Waals surface area contributed by atoms with E-state index in [1.165, 1.54) is 17.0 Å². The Morgan fingerprint density at radius 2 is 1.71 bits per heavy atom. The fraction of sp³-hybridized carbons (Fsp3) is 0.692. The van der Waals surface area contributed by atoms with E-state index in [1.807, 2.05) is 0 Å². The molecule has 1 heterocycles. The van der Waals surface area contributed by atoms with Crippen LogP contribution in [-0.2, 0) is 16.0 Å². The maximum absolute atomic E-state index is 5.14. The van der Waals surface area contributed by atoms with E-state index in [0.717, 1.165) is 32.8 Å². The van der Waals surface area contributed by atoms with Crippen LogP contribution in [0.15, 0.2) is 6.07 Å². The fourth-order valence-corrected chi connectivity index (χ4v) is 1.90. The number of methoxy groups -OCH3 is 2. The van der Waals surface area contributed by atoms with E-state index in [2.05, 4.69) is 29.8 Å². The molecular formula is C13H24N2O2. The van der Waals surface area contributed by atoms with Crippen LogP contribution < -0.4 is 0 Å². The Bertz CT molecular complexity index is 315. The van der Waals surface area contributed by atoms with Crippen LogP contribution in [-0.4, -0.2) is 50.4 Å². The van der Waals surface area contributed by atoms with E-state index in [9.17, 15) is 0 Å². The lowest BCUT2D eigenvalue weighted by Gasteiger charge is -2.21. The van der Waals surface area contributed by atoms with E-state index >= 15 is 0 Å². The Hall–Kier alpha value is -0.840. The molecule has 0 aliphatic carbocycles. The second-order valence-electron chi connectivity index (χ2n) is 4.36. The Morgan fingerprint density at radius 1 is 1.12 bits per heavy atom. The molecule has 0 saturated heterocycles. The predicted molar refractivity (Wildman–Crippen MR) is 69.3 cm³/mol. The quantitative estimate of drug-likeness (QED) is 0.752. The molecule has 0 aromatic carbocycles. The first-order valence-electron chi connectivity index (χ1n) is 6.02. The van der Waals surface area contributed by atoms with Crippen LogP contribution in [0.3, 0.4) is 0 Å². The van der Waals surface area contributed by atoms with Crippen molar-refractivity contribution < 1.29 is 9.47 Å². The highest BCUT2D eigenvalue weighted by Gasteiger charge is 2.09. The van der Waals surface area contributed by atoms with Crippen molar-refractivity contribution in [2.75, 3.05) is 40.5 Å². The van der Waals surface area contributed by atoms with Crippen molar-refractivity contribution in [1.29, 1.82) is 0 Å². The summed E-state index contributed by atoms with van der Waals surface area (Å²) in [6, 6.07) is 2.21. The van der Waals surface area contributed by atoms with E-state index in [4.69, 9.17) is 9.47 Å². The Labute approximate surface area is 104 Å². The number of H-pyrrole nitrogens is 1. The van der Waals surface area contributed by atoms with Crippen molar-refractivity contribution in [1.82, 2.24) is 9.88 Å². The zero-order chi connectivity index (χ0) is 12.7. The first kappa shape index (κ1) is 14.2. The summed E-state index contributed by atoms with van der Waals surface area (Å²) >= 11 is 0. The summed E-state index contributed by atoms with van der Waals surface area (Å²) in [4.78, 5) is 5.69. The van der Waals surface area contributed by atoms with Gasteiger partial charge in [0.2, 0.25) is 0 Å². The number of rotatable bonds is 8. The van der Waals surface area contributed by atoms with Crippen molar-refractivity contribution in [3.8, 4) is 0 Å². The number of aromatic amines is 1. The number of aryl methyl sites for hydroxylation is 2. The average Bonchev–Trinajstić information content (AvgIpc) is 2.61. The third-order valence-corrected chi connectivity index (χ3v) is 2.87. The second kappa shape index (κ2) is 7.48. The van der Waals surface area contributed by atoms with E-state index in [-0.39, 0.29) is 0 Å². The molecule has 0 atom stereocenters. The van der Waals surface area contributed by atoms with Gasteiger partial charge in [0.1, 0.15) is 0 Å². The molecular weight excluding hydrogens is 216 g/mol. The molecule has 98 valence electrons. The van der Waals surface area contributed by atoms with Crippen LogP contribution in [0.1, 0.15) is 17.0 Å². The first-order chi connectivity index (χ1) is 8.17. The molecule has 4 nitrogen and oxygen atoms in total. The summed E-state index contributed by atoms with van der Waals surface area (Å²) in [6.07, 6.45) is 0. The Balaban J connectivity index is 2.54. The molecule has 0 aliphatic heterocycles. The highest BCUT2D eigenvalue weighted by molar-refractivity contribution is 5.24. The normalized spacial score (nSPS) is 11.4. The van der Waals surface area contributed by atoms with E-state index in [1.54, 1.807) is 14.2 Å². The van der Waals surface area contributed by atoms with Gasteiger partial charge in [0, 0.05) is 45.2 Å². The number of aromatic nitrogens is 1. The van der Waals surface area contributed by atoms with Crippen molar-refractivity contribution in [2.45, 2.75) is 20.4 Å². The molecule has 0 fully saturated rings. The lowest BCUT2D eigenvalue weighted by molar-refractivity contribution is 0.110. The van der Waals surface area contributed by atoms with Crippen molar-refractivity contribution >= 4 is 0 Å². The van der Waals surface area contributed by atoms with Crippen LogP contribution in [0.25, 0.3) is 0 Å². The van der Waals surface area contributed by atoms with Crippen molar-refractivity contribution in [3.05, 3.63) is 23.0 Å². The van der Waals surface area contributed by atoms with Crippen LogP contribution >= 0.6 is 0 Å². The average molecular weight is 240 g/mol. The molecule has 4 heteroatoms. The standard InChI is InChI=1S/C13H24N2O2/c1-11-9-13(12(2)14-11)10-15(5-7-16-3)6-8-17-4/h9,14H,5-8,10H2,1-4H3. The number of ether oxygens (including phenoxy) is 2. The zero-order valence-electron chi connectivity index (χ0n) is 11.4. The van der Waals surface area contributed by atoms with E-state index in [0.29, 0.717) is 0 Å². The molecule has 1 N–H and O–H groups in total. The zero-order valence-corrected chi connectivity index (χ0v) is 11.4. The lowest BCUT2D eigenvalue weighted by atomic mass is 10.2. The molecule has 17 heavy (non-hydrogen) atoms. The lowest BCUT2D eigenvalue weighted by Crippen LogP contribution is -2.30. The summed E-state index contributed by atoms with van der Waals surface area (Å²) in [5.74, 6) is 0. The monoisotopic (exact) mass is 240 g/mol. The summed E-state index contributed by atoms with van der Waals surface area (Å²) in [5, 5.41) is 0. The van der Waals surface area contributed by atoms with Gasteiger partial charge >= 0.3 is 0 Å². The number of nitrogens with one attached hydrogen (secondary N) is 1. The SMILES string of the molecule is COCCN(CCOC)Cc1cc(C)[nH]c1C. The minimum Gasteiger partial charge on any atom is -0.383 e. The molecule has 0 aliphatic rings. The van der Waals surface area contributed by atoms with Crippen LogP contribution in [0.4, 0.5) is 0 Å². The van der Waals surface area contributed by atoms with Gasteiger partial charge < -0.3 is 14.5 Å². The third-order valence-electron chi connectivity index (χ3n) is 2.87. The van der Waals surface area contributed by atoms with Gasteiger partial charge in [-0.1, -0.05) is 0 Å². The number of hydrogen-bond donors (Lipinski definition) is 1. The molecule has 1 aromatic heterocycles. The van der Waals surface area contributed by atoms with Gasteiger partial charge in [-0.15, -0.1) is 0 Å². The maximum Gasteiger partial charge on any atom is 0.0589 e.